The first-order valence-electron chi connectivity index (χ1n) is 15.0. The molecule has 2 aliphatic heterocycles. The Kier molecular flexibility index (Phi) is 12.0. The average molecular weight is 577 g/mol. The maximum absolute atomic E-state index is 13.8. The highest BCUT2D eigenvalue weighted by Gasteiger charge is 2.44. The van der Waals surface area contributed by atoms with Crippen molar-refractivity contribution in [2.45, 2.75) is 83.7 Å². The van der Waals surface area contributed by atoms with Crippen LogP contribution in [0.1, 0.15) is 71.6 Å². The van der Waals surface area contributed by atoms with Crippen LogP contribution in [0.4, 0.5) is 4.79 Å². The Morgan fingerprint density at radius 3 is 2.44 bits per heavy atom. The van der Waals surface area contributed by atoms with Crippen LogP contribution < -0.4 is 5.73 Å². The molecule has 3 rings (SSSR count). The molecule has 3 fully saturated rings. The summed E-state index contributed by atoms with van der Waals surface area (Å²) in [7, 11) is 3.21. The number of urea groups is 1. The van der Waals surface area contributed by atoms with E-state index >= 15 is 0 Å². The molecular weight excluding hydrogens is 528 g/mol. The highest BCUT2D eigenvalue weighted by atomic mass is 16.5. The third-order valence-electron chi connectivity index (χ3n) is 8.46. The van der Waals surface area contributed by atoms with Crippen molar-refractivity contribution in [2.24, 2.45) is 22.6 Å². The minimum Gasteiger partial charge on any atom is -0.494 e. The van der Waals surface area contributed by atoms with Gasteiger partial charge in [0.25, 0.3) is 11.8 Å². The van der Waals surface area contributed by atoms with Crippen LogP contribution in [0.2, 0.25) is 0 Å². The maximum Gasteiger partial charge on any atom is 0.327 e. The summed E-state index contributed by atoms with van der Waals surface area (Å²) in [6.07, 6.45) is 7.55. The zero-order valence-corrected chi connectivity index (χ0v) is 25.1. The number of aliphatic hydroxyl groups excluding tert-OH is 1. The van der Waals surface area contributed by atoms with E-state index in [4.69, 9.17) is 10.5 Å². The molecule has 2 saturated heterocycles. The smallest absolute Gasteiger partial charge is 0.327 e. The standard InChI is InChI=1S/C29H48N6O6/c1-5-10-22(13-9-14-23-26(37)33(4)29(40)34(23)16-21-17-41-18-21)35(19-36)28(39)24(25(30)31-6-2)27(38)32(3)15-20-11-7-8-12-20/h19-23,38H,5-18H2,1-4H3,(H2,30,31)/b27-24+/t22-,23?/m1/s1. The predicted octanol–water partition coefficient (Wildman–Crippen LogP) is 2.49. The minimum atomic E-state index is -0.692. The molecule has 0 aromatic carbocycles. The van der Waals surface area contributed by atoms with Gasteiger partial charge in [-0.3, -0.25) is 29.2 Å². The van der Waals surface area contributed by atoms with Crippen molar-refractivity contribution < 1.29 is 29.0 Å². The van der Waals surface area contributed by atoms with Gasteiger partial charge in [0.2, 0.25) is 12.3 Å². The Labute approximate surface area is 243 Å². The largest absolute Gasteiger partial charge is 0.494 e. The van der Waals surface area contributed by atoms with Crippen molar-refractivity contribution in [1.29, 1.82) is 0 Å². The predicted molar refractivity (Wildman–Crippen MR) is 155 cm³/mol. The number of hydrogen-bond donors (Lipinski definition) is 2. The number of aliphatic imine (C=N–C) groups is 1. The molecule has 3 aliphatic rings. The van der Waals surface area contributed by atoms with Gasteiger partial charge in [-0.1, -0.05) is 26.2 Å². The molecule has 1 saturated carbocycles. The second kappa shape index (κ2) is 15.2. The summed E-state index contributed by atoms with van der Waals surface area (Å²) in [4.78, 5) is 61.4. The van der Waals surface area contributed by atoms with Gasteiger partial charge in [0.1, 0.15) is 17.5 Å². The van der Waals surface area contributed by atoms with Gasteiger partial charge in [-0.2, -0.15) is 0 Å². The van der Waals surface area contributed by atoms with E-state index in [1.165, 1.54) is 7.05 Å². The van der Waals surface area contributed by atoms with Crippen LogP contribution in [0, 0.1) is 11.8 Å². The average Bonchev–Trinajstić information content (AvgIpc) is 3.49. The van der Waals surface area contributed by atoms with Gasteiger partial charge >= 0.3 is 6.03 Å². The first kappa shape index (κ1) is 32.4. The van der Waals surface area contributed by atoms with Gasteiger partial charge in [-0.15, -0.1) is 0 Å². The van der Waals surface area contributed by atoms with E-state index in [0.29, 0.717) is 77.3 Å². The normalized spacial score (nSPS) is 21.7. The number of nitrogens with zero attached hydrogens (tertiary/aromatic N) is 5. The van der Waals surface area contributed by atoms with Crippen molar-refractivity contribution in [2.75, 3.05) is 46.9 Å². The topological polar surface area (TPSA) is 149 Å². The summed E-state index contributed by atoms with van der Waals surface area (Å²) in [6, 6.07) is -1.35. The van der Waals surface area contributed by atoms with E-state index in [9.17, 15) is 24.3 Å². The lowest BCUT2D eigenvalue weighted by molar-refractivity contribution is -0.138. The lowest BCUT2D eigenvalue weighted by Gasteiger charge is -2.32. The number of rotatable bonds is 16. The summed E-state index contributed by atoms with van der Waals surface area (Å²) in [6.45, 7) is 6.25. The second-order valence-electron chi connectivity index (χ2n) is 11.5. The Morgan fingerprint density at radius 2 is 1.88 bits per heavy atom. The van der Waals surface area contributed by atoms with Crippen molar-refractivity contribution in [3.8, 4) is 0 Å². The number of carbonyl (C=O) groups excluding carboxylic acids is 4. The quantitative estimate of drug-likeness (QED) is 0.0711. The number of nitrogens with two attached hydrogens (primary N) is 1. The number of aliphatic hydroxyl groups is 1. The molecule has 5 amide bonds. The van der Waals surface area contributed by atoms with Crippen LogP contribution in [-0.4, -0.2) is 114 Å². The molecule has 0 spiro atoms. The Hall–Kier alpha value is -3.15. The van der Waals surface area contributed by atoms with Gasteiger partial charge in [-0.25, -0.2) is 4.79 Å². The maximum atomic E-state index is 13.8. The summed E-state index contributed by atoms with van der Waals surface area (Å²) < 4.78 is 5.24. The fourth-order valence-corrected chi connectivity index (χ4v) is 6.09. The first-order valence-corrected chi connectivity index (χ1v) is 15.0. The van der Waals surface area contributed by atoms with E-state index in [2.05, 4.69) is 4.99 Å². The molecule has 2 heterocycles. The molecule has 2 atom stereocenters. The third-order valence-corrected chi connectivity index (χ3v) is 8.46. The highest BCUT2D eigenvalue weighted by Crippen LogP contribution is 2.28. The summed E-state index contributed by atoms with van der Waals surface area (Å²) in [5.74, 6) is -0.691. The van der Waals surface area contributed by atoms with Crippen molar-refractivity contribution in [3.05, 3.63) is 11.5 Å². The van der Waals surface area contributed by atoms with Crippen molar-refractivity contribution >= 4 is 30.1 Å². The molecule has 1 unspecified atom stereocenters. The number of carbonyl (C=O) groups is 4. The summed E-state index contributed by atoms with van der Waals surface area (Å²) in [5.41, 5.74) is 6.02. The number of hydrogen-bond acceptors (Lipinski definition) is 8. The van der Waals surface area contributed by atoms with E-state index in [1.54, 1.807) is 23.8 Å². The van der Waals surface area contributed by atoms with Gasteiger partial charge < -0.3 is 25.4 Å². The minimum absolute atomic E-state index is 0.107. The number of imide groups is 2. The molecule has 41 heavy (non-hydrogen) atoms. The SMILES string of the molecule is CCC[C@H](CCCC1C(=O)N(C)C(=O)N1CC1COC1)N(C=O)C(=O)/C(C(N)=NCC)=C(/O)N(C)CC1CCCC1. The molecule has 3 N–H and O–H groups in total. The second-order valence-corrected chi connectivity index (χ2v) is 11.5. The molecule has 0 aromatic heterocycles. The highest BCUT2D eigenvalue weighted by molar-refractivity contribution is 6.22. The Bertz CT molecular complexity index is 1010. The van der Waals surface area contributed by atoms with Crippen LogP contribution in [-0.2, 0) is 19.1 Å². The lowest BCUT2D eigenvalue weighted by atomic mass is 9.99. The van der Waals surface area contributed by atoms with Crippen LogP contribution in [0.3, 0.4) is 0 Å². The van der Waals surface area contributed by atoms with Crippen LogP contribution in [0.5, 0.6) is 0 Å². The number of amides is 5. The molecule has 12 nitrogen and oxygen atoms in total. The number of ether oxygens (including phenoxy) is 1. The zero-order chi connectivity index (χ0) is 30.1. The third kappa shape index (κ3) is 7.78. The Balaban J connectivity index is 1.76. The monoisotopic (exact) mass is 576 g/mol. The van der Waals surface area contributed by atoms with E-state index < -0.39 is 18.0 Å². The molecular formula is C29H48N6O6. The molecule has 1 aliphatic carbocycles. The van der Waals surface area contributed by atoms with Crippen molar-refractivity contribution in [1.82, 2.24) is 19.6 Å². The van der Waals surface area contributed by atoms with E-state index in [1.807, 2.05) is 6.92 Å². The lowest BCUT2D eigenvalue weighted by Crippen LogP contribution is -2.45. The number of amidine groups is 1. The van der Waals surface area contributed by atoms with Gasteiger partial charge in [0, 0.05) is 45.7 Å². The zero-order valence-electron chi connectivity index (χ0n) is 25.1. The van der Waals surface area contributed by atoms with Gasteiger partial charge in [-0.05, 0) is 51.4 Å². The van der Waals surface area contributed by atoms with Gasteiger partial charge in [0.15, 0.2) is 0 Å². The fourth-order valence-electron chi connectivity index (χ4n) is 6.09. The van der Waals surface area contributed by atoms with E-state index in [0.717, 1.165) is 35.5 Å². The van der Waals surface area contributed by atoms with Crippen molar-refractivity contribution in [3.63, 3.8) is 0 Å². The van der Waals surface area contributed by atoms with Gasteiger partial charge in [0.05, 0.1) is 13.2 Å². The first-order chi connectivity index (χ1) is 19.6. The summed E-state index contributed by atoms with van der Waals surface area (Å²) in [5, 5.41) is 11.2. The fraction of sp³-hybridized carbons (Fsp3) is 0.759. The molecule has 12 heteroatoms. The molecule has 0 radical (unpaired) electrons. The number of likely N-dealkylation sites (N-methyl/N-ethyl adjacent to an activating group) is 1. The summed E-state index contributed by atoms with van der Waals surface area (Å²) >= 11 is 0. The molecule has 0 aromatic rings. The molecule has 0 bridgehead atoms. The Morgan fingerprint density at radius 1 is 1.20 bits per heavy atom. The van der Waals surface area contributed by atoms with Crippen LogP contribution >= 0.6 is 0 Å². The van der Waals surface area contributed by atoms with E-state index in [-0.39, 0.29) is 35.1 Å². The van der Waals surface area contributed by atoms with Crippen LogP contribution in [0.15, 0.2) is 16.4 Å². The molecule has 230 valence electrons. The van der Waals surface area contributed by atoms with Crippen LogP contribution in [0.25, 0.3) is 0 Å².